The number of nitrogens with two attached hydrogens (primary N) is 1. The highest BCUT2D eigenvalue weighted by atomic mass is 16.2. The Morgan fingerprint density at radius 1 is 0.971 bits per heavy atom. The van der Waals surface area contributed by atoms with E-state index in [1.807, 2.05) is 0 Å². The van der Waals surface area contributed by atoms with Crippen molar-refractivity contribution in [2.45, 2.75) is 19.0 Å². The Hall–Kier alpha value is -4.86. The third-order valence-corrected chi connectivity index (χ3v) is 5.81. The molecule has 0 radical (unpaired) electrons. The molecular weight excluding hydrogens is 448 g/mol. The lowest BCUT2D eigenvalue weighted by Crippen LogP contribution is -2.41. The molecule has 1 atom stereocenters. The van der Waals surface area contributed by atoms with Crippen molar-refractivity contribution in [3.63, 3.8) is 0 Å². The Labute approximate surface area is 199 Å². The van der Waals surface area contributed by atoms with E-state index in [1.54, 1.807) is 72.9 Å². The third kappa shape index (κ3) is 4.01. The van der Waals surface area contributed by atoms with E-state index in [2.05, 4.69) is 15.4 Å². The second-order valence-electron chi connectivity index (χ2n) is 8.02. The molecule has 5 rings (SSSR count). The van der Waals surface area contributed by atoms with Crippen LogP contribution in [0.15, 0.2) is 77.7 Å². The highest BCUT2D eigenvalue weighted by Crippen LogP contribution is 2.37. The van der Waals surface area contributed by atoms with Crippen LogP contribution >= 0.6 is 0 Å². The van der Waals surface area contributed by atoms with Gasteiger partial charge in [0.25, 0.3) is 11.5 Å². The normalized spacial score (nSPS) is 15.3. The molecule has 0 fully saturated rings. The Bertz CT molecular complexity index is 1530. The van der Waals surface area contributed by atoms with Crippen molar-refractivity contribution in [1.82, 2.24) is 14.8 Å². The zero-order valence-electron chi connectivity index (χ0n) is 18.4. The molecule has 3 amide bonds. The number of carbonyl (C=O) groups is 3. The zero-order chi connectivity index (χ0) is 24.5. The van der Waals surface area contributed by atoms with Crippen LogP contribution in [0.4, 0.5) is 11.4 Å². The van der Waals surface area contributed by atoms with Gasteiger partial charge in [-0.15, -0.1) is 0 Å². The number of anilines is 2. The van der Waals surface area contributed by atoms with E-state index in [0.29, 0.717) is 22.5 Å². The Morgan fingerprint density at radius 3 is 2.43 bits per heavy atom. The van der Waals surface area contributed by atoms with Gasteiger partial charge >= 0.3 is 0 Å². The third-order valence-electron chi connectivity index (χ3n) is 5.81. The summed E-state index contributed by atoms with van der Waals surface area (Å²) in [7, 11) is 0. The molecule has 10 heteroatoms. The number of para-hydroxylation sites is 2. The Kier molecular flexibility index (Phi) is 5.54. The SMILES string of the molecule is NC(=O)c1nn(CC(=O)N2c3ccccc3NC(=O)CC2c2ccccn2)c(=O)c2ccccc12. The van der Waals surface area contributed by atoms with Crippen molar-refractivity contribution >= 4 is 39.9 Å². The highest BCUT2D eigenvalue weighted by molar-refractivity contribution is 6.05. The zero-order valence-corrected chi connectivity index (χ0v) is 18.4. The summed E-state index contributed by atoms with van der Waals surface area (Å²) >= 11 is 0. The van der Waals surface area contributed by atoms with Crippen LogP contribution in [0.25, 0.3) is 10.8 Å². The van der Waals surface area contributed by atoms with Crippen LogP contribution in [0, 0.1) is 0 Å². The predicted molar refractivity (Wildman–Crippen MR) is 129 cm³/mol. The molecule has 0 spiro atoms. The van der Waals surface area contributed by atoms with Crippen molar-refractivity contribution in [3.8, 4) is 0 Å². The van der Waals surface area contributed by atoms with Crippen LogP contribution in [-0.2, 0) is 16.1 Å². The number of amides is 3. The number of benzene rings is 2. The van der Waals surface area contributed by atoms with E-state index in [9.17, 15) is 19.2 Å². The number of hydrogen-bond acceptors (Lipinski definition) is 6. The highest BCUT2D eigenvalue weighted by Gasteiger charge is 2.34. The molecule has 0 bridgehead atoms. The largest absolute Gasteiger partial charge is 0.364 e. The first-order valence-electron chi connectivity index (χ1n) is 10.9. The number of hydrogen-bond donors (Lipinski definition) is 2. The lowest BCUT2D eigenvalue weighted by atomic mass is 10.1. The molecule has 3 N–H and O–H groups in total. The Balaban J connectivity index is 1.63. The average molecular weight is 468 g/mol. The molecule has 0 saturated carbocycles. The fourth-order valence-corrected chi connectivity index (χ4v) is 4.27. The number of nitrogens with zero attached hydrogens (tertiary/aromatic N) is 4. The maximum Gasteiger partial charge on any atom is 0.275 e. The fourth-order valence-electron chi connectivity index (χ4n) is 4.27. The minimum Gasteiger partial charge on any atom is -0.364 e. The molecule has 10 nitrogen and oxygen atoms in total. The molecular formula is C25H20N6O4. The Morgan fingerprint density at radius 2 is 1.69 bits per heavy atom. The van der Waals surface area contributed by atoms with Gasteiger partial charge in [-0.3, -0.25) is 29.1 Å². The minimum absolute atomic E-state index is 0.0377. The lowest BCUT2D eigenvalue weighted by molar-refractivity contribution is -0.120. The maximum absolute atomic E-state index is 13.8. The second kappa shape index (κ2) is 8.82. The summed E-state index contributed by atoms with van der Waals surface area (Å²) in [6.45, 7) is -0.476. The van der Waals surface area contributed by atoms with Crippen LogP contribution in [0.2, 0.25) is 0 Å². The molecule has 4 aromatic rings. The monoisotopic (exact) mass is 468 g/mol. The molecule has 1 aliphatic rings. The minimum atomic E-state index is -0.816. The molecule has 1 unspecified atom stereocenters. The second-order valence-corrected chi connectivity index (χ2v) is 8.02. The summed E-state index contributed by atoms with van der Waals surface area (Å²) < 4.78 is 0.934. The maximum atomic E-state index is 13.8. The first-order chi connectivity index (χ1) is 16.9. The topological polar surface area (TPSA) is 140 Å². The smallest absolute Gasteiger partial charge is 0.275 e. The summed E-state index contributed by atoms with van der Waals surface area (Å²) in [5.41, 5.74) is 6.30. The number of nitrogens with one attached hydrogen (secondary N) is 1. The number of carbonyl (C=O) groups excluding carboxylic acids is 3. The molecule has 2 aromatic heterocycles. The summed E-state index contributed by atoms with van der Waals surface area (Å²) in [5.74, 6) is -1.60. The first kappa shape index (κ1) is 22.0. The van der Waals surface area contributed by atoms with Gasteiger partial charge in [-0.2, -0.15) is 5.10 Å². The molecule has 35 heavy (non-hydrogen) atoms. The van der Waals surface area contributed by atoms with Gasteiger partial charge in [0.15, 0.2) is 5.69 Å². The van der Waals surface area contributed by atoms with Gasteiger partial charge in [-0.25, -0.2) is 4.68 Å². The first-order valence-corrected chi connectivity index (χ1v) is 10.9. The van der Waals surface area contributed by atoms with Gasteiger partial charge in [0.2, 0.25) is 11.8 Å². The van der Waals surface area contributed by atoms with Crippen LogP contribution < -0.4 is 21.5 Å². The molecule has 3 heterocycles. The van der Waals surface area contributed by atoms with Crippen LogP contribution in [0.1, 0.15) is 28.6 Å². The van der Waals surface area contributed by atoms with Crippen LogP contribution in [0.3, 0.4) is 0 Å². The molecule has 0 saturated heterocycles. The fraction of sp³-hybridized carbons (Fsp3) is 0.120. The number of primary amides is 1. The summed E-state index contributed by atoms with van der Waals surface area (Å²) in [5, 5.41) is 7.47. The summed E-state index contributed by atoms with van der Waals surface area (Å²) in [4.78, 5) is 57.5. The quantitative estimate of drug-likeness (QED) is 0.469. The van der Waals surface area contributed by atoms with Crippen molar-refractivity contribution < 1.29 is 14.4 Å². The van der Waals surface area contributed by atoms with Gasteiger partial charge in [0.05, 0.1) is 34.9 Å². The van der Waals surface area contributed by atoms with Gasteiger partial charge in [-0.1, -0.05) is 36.4 Å². The van der Waals surface area contributed by atoms with Gasteiger partial charge in [0.1, 0.15) is 6.54 Å². The van der Waals surface area contributed by atoms with Crippen LogP contribution in [0.5, 0.6) is 0 Å². The van der Waals surface area contributed by atoms with Gasteiger partial charge in [-0.05, 0) is 30.3 Å². The van der Waals surface area contributed by atoms with Gasteiger partial charge in [0, 0.05) is 11.6 Å². The number of pyridine rings is 1. The summed E-state index contributed by atoms with van der Waals surface area (Å²) in [6, 6.07) is 17.9. The number of fused-ring (bicyclic) bond motifs is 2. The van der Waals surface area contributed by atoms with E-state index in [-0.39, 0.29) is 23.4 Å². The van der Waals surface area contributed by atoms with E-state index >= 15 is 0 Å². The molecule has 1 aliphatic heterocycles. The summed E-state index contributed by atoms with van der Waals surface area (Å²) in [6.07, 6.45) is 1.55. The molecule has 174 valence electrons. The van der Waals surface area contributed by atoms with E-state index in [0.717, 1.165) is 4.68 Å². The molecule has 0 aliphatic carbocycles. The van der Waals surface area contributed by atoms with E-state index in [4.69, 9.17) is 5.73 Å². The predicted octanol–water partition coefficient (Wildman–Crippen LogP) is 2.01. The van der Waals surface area contributed by atoms with Crippen molar-refractivity contribution in [1.29, 1.82) is 0 Å². The lowest BCUT2D eigenvalue weighted by Gasteiger charge is -2.30. The van der Waals surface area contributed by atoms with Gasteiger partial charge < -0.3 is 11.1 Å². The van der Waals surface area contributed by atoms with E-state index < -0.39 is 30.0 Å². The van der Waals surface area contributed by atoms with Crippen molar-refractivity contribution in [2.24, 2.45) is 5.73 Å². The molecule has 2 aromatic carbocycles. The van der Waals surface area contributed by atoms with Crippen molar-refractivity contribution in [2.75, 3.05) is 10.2 Å². The van der Waals surface area contributed by atoms with Crippen molar-refractivity contribution in [3.05, 3.63) is 94.7 Å². The number of aromatic nitrogens is 3. The standard InChI is InChI=1S/C25H20N6O4/c26-24(34)23-15-7-1-2-8-16(15)25(35)30(29-23)14-22(33)31-19-11-4-3-10-18(19)28-21(32)13-20(31)17-9-5-6-12-27-17/h1-12,20H,13-14H2,(H2,26,34)(H,28,32). The van der Waals surface area contributed by atoms with E-state index in [1.165, 1.54) is 4.90 Å². The number of rotatable bonds is 4. The van der Waals surface area contributed by atoms with Crippen LogP contribution in [-0.4, -0.2) is 32.5 Å². The average Bonchev–Trinajstić information content (AvgIpc) is 3.01.